The molecule has 9 nitrogen and oxygen atoms in total. The maximum absolute atomic E-state index is 12.3. The molecule has 12 heteroatoms. The van der Waals surface area contributed by atoms with Crippen LogP contribution in [0, 0.1) is 0 Å². The topological polar surface area (TPSA) is 117 Å². The van der Waals surface area contributed by atoms with Crippen LogP contribution in [0.5, 0.6) is 5.75 Å². The second-order valence-corrected chi connectivity index (χ2v) is 10.9. The van der Waals surface area contributed by atoms with Crippen molar-refractivity contribution in [2.24, 2.45) is 5.10 Å². The van der Waals surface area contributed by atoms with Crippen LogP contribution in [0.25, 0.3) is 0 Å². The van der Waals surface area contributed by atoms with E-state index in [0.29, 0.717) is 11.3 Å². The van der Waals surface area contributed by atoms with Crippen molar-refractivity contribution in [2.45, 2.75) is 13.0 Å². The second-order valence-electron chi connectivity index (χ2n) is 8.22. The fraction of sp³-hybridized carbons (Fsp3) is 0.192. The average Bonchev–Trinajstić information content (AvgIpc) is 2.88. The first-order valence-electron chi connectivity index (χ1n) is 11.3. The molecule has 0 unspecified atom stereocenters. The van der Waals surface area contributed by atoms with E-state index in [9.17, 15) is 18.0 Å². The monoisotopic (exact) mass is 576 g/mol. The molecule has 200 valence electrons. The Morgan fingerprint density at radius 3 is 2.32 bits per heavy atom. The Hall–Kier alpha value is -3.60. The van der Waals surface area contributed by atoms with Gasteiger partial charge in [-0.2, -0.15) is 5.10 Å². The number of amides is 2. The van der Waals surface area contributed by atoms with Crippen LogP contribution in [0.15, 0.2) is 77.9 Å². The summed E-state index contributed by atoms with van der Waals surface area (Å²) in [7, 11) is -3.78. The molecule has 0 saturated carbocycles. The van der Waals surface area contributed by atoms with Gasteiger partial charge in [0.15, 0.2) is 6.61 Å². The number of nitrogens with zero attached hydrogens (tertiary/aromatic N) is 2. The summed E-state index contributed by atoms with van der Waals surface area (Å²) in [6.07, 6.45) is 2.36. The van der Waals surface area contributed by atoms with Gasteiger partial charge in [-0.05, 0) is 60.5 Å². The molecule has 0 aliphatic rings. The number of rotatable bonds is 11. The van der Waals surface area contributed by atoms with Crippen LogP contribution in [0.2, 0.25) is 10.0 Å². The number of halogens is 2. The number of anilines is 1. The predicted octanol–water partition coefficient (Wildman–Crippen LogP) is 4.17. The zero-order valence-electron chi connectivity index (χ0n) is 20.6. The van der Waals surface area contributed by atoms with Crippen molar-refractivity contribution < 1.29 is 22.7 Å². The van der Waals surface area contributed by atoms with E-state index in [-0.39, 0.29) is 34.3 Å². The second kappa shape index (κ2) is 13.3. The lowest BCUT2D eigenvalue weighted by molar-refractivity contribution is -0.123. The molecule has 38 heavy (non-hydrogen) atoms. The number of carbonyl (C=O) groups is 2. The summed E-state index contributed by atoms with van der Waals surface area (Å²) >= 11 is 11.9. The van der Waals surface area contributed by atoms with E-state index in [1.165, 1.54) is 24.4 Å². The molecule has 0 radical (unpaired) electrons. The van der Waals surface area contributed by atoms with Crippen molar-refractivity contribution in [1.29, 1.82) is 0 Å². The lowest BCUT2D eigenvalue weighted by atomic mass is 10.1. The molecule has 0 spiro atoms. The predicted molar refractivity (Wildman–Crippen MR) is 149 cm³/mol. The summed E-state index contributed by atoms with van der Waals surface area (Å²) in [4.78, 5) is 24.5. The van der Waals surface area contributed by atoms with Gasteiger partial charge in [-0.3, -0.25) is 13.9 Å². The van der Waals surface area contributed by atoms with Crippen LogP contribution in [0.1, 0.15) is 24.1 Å². The van der Waals surface area contributed by atoms with Gasteiger partial charge in [-0.1, -0.05) is 53.5 Å². The largest absolute Gasteiger partial charge is 0.484 e. The van der Waals surface area contributed by atoms with Gasteiger partial charge < -0.3 is 10.1 Å². The van der Waals surface area contributed by atoms with E-state index >= 15 is 0 Å². The molecule has 3 aromatic carbocycles. The first kappa shape index (κ1) is 29.0. The van der Waals surface area contributed by atoms with E-state index in [1.54, 1.807) is 24.3 Å². The van der Waals surface area contributed by atoms with Crippen molar-refractivity contribution in [1.82, 2.24) is 10.7 Å². The quantitative estimate of drug-likeness (QED) is 0.262. The van der Waals surface area contributed by atoms with Gasteiger partial charge in [0.2, 0.25) is 10.0 Å². The fourth-order valence-corrected chi connectivity index (χ4v) is 4.43. The summed E-state index contributed by atoms with van der Waals surface area (Å²) in [5, 5.41) is 7.16. The van der Waals surface area contributed by atoms with Crippen LogP contribution >= 0.6 is 23.2 Å². The minimum absolute atomic E-state index is 0.143. The molecule has 2 amide bonds. The van der Waals surface area contributed by atoms with Crippen molar-refractivity contribution in [3.05, 3.63) is 94.0 Å². The van der Waals surface area contributed by atoms with Gasteiger partial charge in [0.25, 0.3) is 11.8 Å². The van der Waals surface area contributed by atoms with E-state index in [2.05, 4.69) is 15.8 Å². The van der Waals surface area contributed by atoms with Crippen LogP contribution < -0.4 is 19.8 Å². The summed E-state index contributed by atoms with van der Waals surface area (Å²) in [5.74, 6) is -0.425. The molecule has 0 aliphatic heterocycles. The highest BCUT2D eigenvalue weighted by Crippen LogP contribution is 2.28. The third kappa shape index (κ3) is 8.76. The SMILES string of the molecule is C[C@@H](NC(=O)COc1ccc(C=NNC(=O)CN(c2ccc(Cl)c(Cl)c2)S(C)(=O)=O)cc1)c1ccccc1. The summed E-state index contributed by atoms with van der Waals surface area (Å²) < 4.78 is 30.8. The first-order chi connectivity index (χ1) is 18.0. The van der Waals surface area contributed by atoms with Crippen molar-refractivity contribution >= 4 is 56.9 Å². The van der Waals surface area contributed by atoms with Crippen LogP contribution in [0.3, 0.4) is 0 Å². The minimum Gasteiger partial charge on any atom is -0.484 e. The molecule has 3 rings (SSSR count). The summed E-state index contributed by atoms with van der Waals surface area (Å²) in [6, 6.07) is 20.4. The minimum atomic E-state index is -3.78. The maximum atomic E-state index is 12.3. The summed E-state index contributed by atoms with van der Waals surface area (Å²) in [6.45, 7) is 1.24. The van der Waals surface area contributed by atoms with Gasteiger partial charge >= 0.3 is 0 Å². The number of carbonyl (C=O) groups excluding carboxylic acids is 2. The Morgan fingerprint density at radius 1 is 1.00 bits per heavy atom. The Kier molecular flexibility index (Phi) is 10.1. The molecule has 0 fully saturated rings. The molecule has 2 N–H and O–H groups in total. The van der Waals surface area contributed by atoms with Gasteiger partial charge in [0, 0.05) is 0 Å². The van der Waals surface area contributed by atoms with Gasteiger partial charge in [0.1, 0.15) is 12.3 Å². The van der Waals surface area contributed by atoms with Crippen LogP contribution in [-0.4, -0.2) is 45.9 Å². The molecule has 0 aliphatic carbocycles. The highest BCUT2D eigenvalue weighted by atomic mass is 35.5. The highest BCUT2D eigenvalue weighted by molar-refractivity contribution is 7.92. The molecule has 1 atom stereocenters. The van der Waals surface area contributed by atoms with Gasteiger partial charge in [-0.25, -0.2) is 13.8 Å². The lowest BCUT2D eigenvalue weighted by Crippen LogP contribution is -2.39. The zero-order chi connectivity index (χ0) is 27.7. The summed E-state index contributed by atoms with van der Waals surface area (Å²) in [5.41, 5.74) is 4.13. The zero-order valence-corrected chi connectivity index (χ0v) is 22.9. The first-order valence-corrected chi connectivity index (χ1v) is 13.9. The van der Waals surface area contributed by atoms with Crippen molar-refractivity contribution in [3.8, 4) is 5.75 Å². The molecule has 0 bridgehead atoms. The number of benzene rings is 3. The lowest BCUT2D eigenvalue weighted by Gasteiger charge is -2.21. The van der Waals surface area contributed by atoms with Gasteiger partial charge in [-0.15, -0.1) is 0 Å². The smallest absolute Gasteiger partial charge is 0.260 e. The number of sulfonamides is 1. The molecular weight excluding hydrogens is 551 g/mol. The molecule has 0 saturated heterocycles. The van der Waals surface area contributed by atoms with E-state index < -0.39 is 22.5 Å². The molecule has 3 aromatic rings. The Labute approximate surface area is 231 Å². The number of ether oxygens (including phenoxy) is 1. The number of hydrogen-bond donors (Lipinski definition) is 2. The molecular formula is C26H26Cl2N4O5S. The van der Waals surface area contributed by atoms with E-state index in [4.69, 9.17) is 27.9 Å². The highest BCUT2D eigenvalue weighted by Gasteiger charge is 2.21. The Morgan fingerprint density at radius 2 is 1.68 bits per heavy atom. The average molecular weight is 577 g/mol. The maximum Gasteiger partial charge on any atom is 0.260 e. The van der Waals surface area contributed by atoms with Crippen LogP contribution in [-0.2, 0) is 19.6 Å². The molecule has 0 aromatic heterocycles. The number of hydrazone groups is 1. The van der Waals surface area contributed by atoms with Crippen molar-refractivity contribution in [3.63, 3.8) is 0 Å². The van der Waals surface area contributed by atoms with E-state index in [0.717, 1.165) is 16.1 Å². The Balaban J connectivity index is 1.49. The molecule has 0 heterocycles. The third-order valence-corrected chi connectivity index (χ3v) is 7.09. The van der Waals surface area contributed by atoms with E-state index in [1.807, 2.05) is 37.3 Å². The van der Waals surface area contributed by atoms with Crippen molar-refractivity contribution in [2.75, 3.05) is 23.7 Å². The fourth-order valence-electron chi connectivity index (χ4n) is 3.29. The number of hydrogen-bond acceptors (Lipinski definition) is 6. The van der Waals surface area contributed by atoms with Crippen LogP contribution in [0.4, 0.5) is 5.69 Å². The Bertz CT molecular complexity index is 1400. The normalized spacial score (nSPS) is 12.1. The third-order valence-electron chi connectivity index (χ3n) is 5.21. The van der Waals surface area contributed by atoms with Gasteiger partial charge in [0.05, 0.1) is 34.2 Å². The number of nitrogens with one attached hydrogen (secondary N) is 2. The standard InChI is InChI=1S/C26H26Cl2N4O5S/c1-18(20-6-4-3-5-7-20)30-26(34)17-37-22-11-8-19(9-12-22)15-29-31-25(33)16-32(38(2,35)36)21-10-13-23(27)24(28)14-21/h3-15,18H,16-17H2,1-2H3,(H,30,34)(H,31,33)/t18-/m1/s1.